The molecule has 1 heterocycles. The van der Waals surface area contributed by atoms with Crippen LogP contribution in [0.3, 0.4) is 0 Å². The van der Waals surface area contributed by atoms with Crippen LogP contribution in [0.4, 0.5) is 0 Å². The second kappa shape index (κ2) is 7.49. The molecule has 1 aromatic rings. The number of nitrogens with zero attached hydrogens (tertiary/aromatic N) is 1. The van der Waals surface area contributed by atoms with Gasteiger partial charge in [0.25, 0.3) is 0 Å². The van der Waals surface area contributed by atoms with Crippen molar-refractivity contribution in [1.82, 2.24) is 10.3 Å². The molecule has 1 aromatic heterocycles. The van der Waals surface area contributed by atoms with E-state index in [1.165, 1.54) is 38.5 Å². The minimum absolute atomic E-state index is 0.382. The molecule has 1 aliphatic rings. The summed E-state index contributed by atoms with van der Waals surface area (Å²) >= 11 is 0. The Hall–Kier alpha value is -1.09. The lowest BCUT2D eigenvalue weighted by atomic mass is 10.1. The normalized spacial score (nSPS) is 17.2. The summed E-state index contributed by atoms with van der Waals surface area (Å²) < 4.78 is 6.22. The predicted octanol–water partition coefficient (Wildman–Crippen LogP) is 3.60. The van der Waals surface area contributed by atoms with Crippen molar-refractivity contribution in [2.24, 2.45) is 0 Å². The van der Waals surface area contributed by atoms with E-state index in [1.807, 2.05) is 13.0 Å². The summed E-state index contributed by atoms with van der Waals surface area (Å²) in [6, 6.07) is 4.13. The van der Waals surface area contributed by atoms with E-state index < -0.39 is 0 Å². The van der Waals surface area contributed by atoms with Crippen molar-refractivity contribution in [2.75, 3.05) is 6.54 Å². The van der Waals surface area contributed by atoms with Gasteiger partial charge in [-0.25, -0.2) is 0 Å². The molecule has 0 saturated heterocycles. The van der Waals surface area contributed by atoms with Crippen molar-refractivity contribution in [2.45, 2.75) is 65.0 Å². The second-order valence-corrected chi connectivity index (χ2v) is 5.41. The molecule has 1 N–H and O–H groups in total. The third-order valence-electron chi connectivity index (χ3n) is 3.71. The van der Waals surface area contributed by atoms with Gasteiger partial charge in [-0.15, -0.1) is 0 Å². The lowest BCUT2D eigenvalue weighted by molar-refractivity contribution is 0.180. The molecule has 1 saturated carbocycles. The highest BCUT2D eigenvalue weighted by atomic mass is 16.5. The molecule has 0 bridgehead atoms. The van der Waals surface area contributed by atoms with E-state index in [9.17, 15) is 0 Å². The lowest BCUT2D eigenvalue weighted by Gasteiger charge is -2.19. The summed E-state index contributed by atoms with van der Waals surface area (Å²) in [5.41, 5.74) is 2.10. The van der Waals surface area contributed by atoms with Crippen molar-refractivity contribution < 1.29 is 4.74 Å². The standard InChI is InChI=1S/C16H26N2O/c1-3-17-12-15-16(11-10-13(2)18-15)19-14-8-6-4-5-7-9-14/h10-11,14,17H,3-9,12H2,1-2H3. The van der Waals surface area contributed by atoms with Crippen LogP contribution >= 0.6 is 0 Å². The molecule has 0 amide bonds. The van der Waals surface area contributed by atoms with Crippen molar-refractivity contribution in [3.8, 4) is 5.75 Å². The first kappa shape index (κ1) is 14.3. The van der Waals surface area contributed by atoms with E-state index >= 15 is 0 Å². The first-order chi connectivity index (χ1) is 9.29. The number of pyridine rings is 1. The first-order valence-electron chi connectivity index (χ1n) is 7.63. The first-order valence-corrected chi connectivity index (χ1v) is 7.63. The number of hydrogen-bond donors (Lipinski definition) is 1. The van der Waals surface area contributed by atoms with E-state index in [2.05, 4.69) is 23.3 Å². The van der Waals surface area contributed by atoms with Gasteiger partial charge in [0.15, 0.2) is 0 Å². The molecule has 0 aromatic carbocycles. The molecule has 0 aliphatic heterocycles. The van der Waals surface area contributed by atoms with Crippen molar-refractivity contribution in [3.05, 3.63) is 23.5 Å². The molecule has 19 heavy (non-hydrogen) atoms. The fraction of sp³-hybridized carbons (Fsp3) is 0.688. The van der Waals surface area contributed by atoms with Crippen LogP contribution in [0, 0.1) is 6.92 Å². The Bertz CT molecular complexity index is 384. The van der Waals surface area contributed by atoms with Gasteiger partial charge in [-0.05, 0) is 51.3 Å². The SMILES string of the molecule is CCNCc1nc(C)ccc1OC1CCCCCC1. The summed E-state index contributed by atoms with van der Waals surface area (Å²) in [5, 5.41) is 3.34. The van der Waals surface area contributed by atoms with Crippen LogP contribution in [0.15, 0.2) is 12.1 Å². The lowest BCUT2D eigenvalue weighted by Crippen LogP contribution is -2.19. The second-order valence-electron chi connectivity index (χ2n) is 5.41. The molecule has 1 fully saturated rings. The van der Waals surface area contributed by atoms with Gasteiger partial charge in [0.1, 0.15) is 5.75 Å². The van der Waals surface area contributed by atoms with Gasteiger partial charge in [-0.3, -0.25) is 4.98 Å². The fourth-order valence-electron chi connectivity index (χ4n) is 2.61. The largest absolute Gasteiger partial charge is 0.488 e. The molecule has 0 radical (unpaired) electrons. The summed E-state index contributed by atoms with van der Waals surface area (Å²) in [4.78, 5) is 4.61. The maximum atomic E-state index is 6.22. The van der Waals surface area contributed by atoms with E-state index in [0.29, 0.717) is 6.10 Å². The smallest absolute Gasteiger partial charge is 0.142 e. The number of nitrogens with one attached hydrogen (secondary N) is 1. The van der Waals surface area contributed by atoms with E-state index in [0.717, 1.165) is 30.2 Å². The number of aromatic nitrogens is 1. The van der Waals surface area contributed by atoms with Crippen LogP contribution in [0.1, 0.15) is 56.8 Å². The maximum absolute atomic E-state index is 6.22. The van der Waals surface area contributed by atoms with Crippen molar-refractivity contribution >= 4 is 0 Å². The monoisotopic (exact) mass is 262 g/mol. The highest BCUT2D eigenvalue weighted by Crippen LogP contribution is 2.25. The number of rotatable bonds is 5. The molecular weight excluding hydrogens is 236 g/mol. The Morgan fingerprint density at radius 3 is 2.63 bits per heavy atom. The number of ether oxygens (including phenoxy) is 1. The predicted molar refractivity (Wildman–Crippen MR) is 78.5 cm³/mol. The van der Waals surface area contributed by atoms with Crippen LogP contribution in [0.25, 0.3) is 0 Å². The highest BCUT2D eigenvalue weighted by Gasteiger charge is 2.16. The number of aryl methyl sites for hydroxylation is 1. The Morgan fingerprint density at radius 2 is 1.95 bits per heavy atom. The third kappa shape index (κ3) is 4.50. The Morgan fingerprint density at radius 1 is 1.21 bits per heavy atom. The van der Waals surface area contributed by atoms with Crippen LogP contribution < -0.4 is 10.1 Å². The highest BCUT2D eigenvalue weighted by molar-refractivity contribution is 5.29. The van der Waals surface area contributed by atoms with Crippen LogP contribution in [0.2, 0.25) is 0 Å². The maximum Gasteiger partial charge on any atom is 0.142 e. The molecule has 1 aliphatic carbocycles. The molecular formula is C16H26N2O. The van der Waals surface area contributed by atoms with E-state index in [-0.39, 0.29) is 0 Å². The van der Waals surface area contributed by atoms with Gasteiger partial charge in [0, 0.05) is 12.2 Å². The van der Waals surface area contributed by atoms with Crippen LogP contribution in [-0.4, -0.2) is 17.6 Å². The Kier molecular flexibility index (Phi) is 5.64. The molecule has 0 atom stereocenters. The van der Waals surface area contributed by atoms with Gasteiger partial charge in [0.2, 0.25) is 0 Å². The minimum atomic E-state index is 0.382. The molecule has 3 heteroatoms. The molecule has 2 rings (SSSR count). The zero-order chi connectivity index (χ0) is 13.5. The summed E-state index contributed by atoms with van der Waals surface area (Å²) in [6.45, 7) is 5.89. The molecule has 3 nitrogen and oxygen atoms in total. The fourth-order valence-corrected chi connectivity index (χ4v) is 2.61. The number of hydrogen-bond acceptors (Lipinski definition) is 3. The van der Waals surface area contributed by atoms with Crippen molar-refractivity contribution in [1.29, 1.82) is 0 Å². The van der Waals surface area contributed by atoms with Crippen LogP contribution in [-0.2, 0) is 6.54 Å². The van der Waals surface area contributed by atoms with Crippen molar-refractivity contribution in [3.63, 3.8) is 0 Å². The average molecular weight is 262 g/mol. The van der Waals surface area contributed by atoms with Gasteiger partial charge in [-0.2, -0.15) is 0 Å². The molecule has 0 unspecified atom stereocenters. The topological polar surface area (TPSA) is 34.2 Å². The summed E-state index contributed by atoms with van der Waals surface area (Å²) in [6.07, 6.45) is 8.07. The Labute approximate surface area is 116 Å². The van der Waals surface area contributed by atoms with Gasteiger partial charge < -0.3 is 10.1 Å². The van der Waals surface area contributed by atoms with E-state index in [1.54, 1.807) is 0 Å². The third-order valence-corrected chi connectivity index (χ3v) is 3.71. The summed E-state index contributed by atoms with van der Waals surface area (Å²) in [5.74, 6) is 0.971. The summed E-state index contributed by atoms with van der Waals surface area (Å²) in [7, 11) is 0. The quantitative estimate of drug-likeness (QED) is 0.823. The minimum Gasteiger partial charge on any atom is -0.488 e. The van der Waals surface area contributed by atoms with E-state index in [4.69, 9.17) is 4.74 Å². The molecule has 106 valence electrons. The zero-order valence-electron chi connectivity index (χ0n) is 12.2. The van der Waals surface area contributed by atoms with Crippen LogP contribution in [0.5, 0.6) is 5.75 Å². The van der Waals surface area contributed by atoms with Gasteiger partial charge >= 0.3 is 0 Å². The van der Waals surface area contributed by atoms with Gasteiger partial charge in [-0.1, -0.05) is 19.8 Å². The Balaban J connectivity index is 2.04. The zero-order valence-corrected chi connectivity index (χ0v) is 12.2. The molecule has 0 spiro atoms. The van der Waals surface area contributed by atoms with Gasteiger partial charge in [0.05, 0.1) is 11.8 Å². The average Bonchev–Trinajstić information content (AvgIpc) is 2.67.